The maximum Gasteiger partial charge on any atom is 0.241 e. The molecule has 0 bridgehead atoms. The monoisotopic (exact) mass is 367 g/mol. The Morgan fingerprint density at radius 2 is 2.00 bits per heavy atom. The van der Waals surface area contributed by atoms with E-state index in [-0.39, 0.29) is 5.91 Å². The zero-order chi connectivity index (χ0) is 19.1. The van der Waals surface area contributed by atoms with Crippen LogP contribution in [0.3, 0.4) is 0 Å². The highest BCUT2D eigenvalue weighted by atomic mass is 16.5. The van der Waals surface area contributed by atoms with Gasteiger partial charge in [0.2, 0.25) is 5.91 Å². The summed E-state index contributed by atoms with van der Waals surface area (Å²) in [5.74, 6) is 0.985. The van der Waals surface area contributed by atoms with Crippen LogP contribution in [0.15, 0.2) is 48.5 Å². The SMILES string of the molecule is COc1ccc2c(c1)CCCN2C(=O)CN(CCN)CCc1ccccc1. The standard InChI is InChI=1S/C22H29N3O2/c1-27-20-9-10-21-19(16-20)8-5-13-25(21)22(26)17-24(15-12-23)14-11-18-6-3-2-4-7-18/h2-4,6-7,9-10,16H,5,8,11-15,17,23H2,1H3. The molecule has 0 saturated heterocycles. The molecule has 27 heavy (non-hydrogen) atoms. The molecule has 5 nitrogen and oxygen atoms in total. The zero-order valence-electron chi connectivity index (χ0n) is 16.1. The molecule has 0 fully saturated rings. The molecule has 0 atom stereocenters. The van der Waals surface area contributed by atoms with Gasteiger partial charge >= 0.3 is 0 Å². The summed E-state index contributed by atoms with van der Waals surface area (Å²) in [6, 6.07) is 16.3. The molecular weight excluding hydrogens is 338 g/mol. The van der Waals surface area contributed by atoms with Gasteiger partial charge < -0.3 is 15.4 Å². The fourth-order valence-electron chi connectivity index (χ4n) is 3.62. The Hall–Kier alpha value is -2.37. The van der Waals surface area contributed by atoms with Crippen molar-refractivity contribution in [3.63, 3.8) is 0 Å². The summed E-state index contributed by atoms with van der Waals surface area (Å²) in [7, 11) is 1.67. The van der Waals surface area contributed by atoms with Gasteiger partial charge in [0.15, 0.2) is 0 Å². The number of hydrogen-bond donors (Lipinski definition) is 1. The summed E-state index contributed by atoms with van der Waals surface area (Å²) in [6.07, 6.45) is 2.88. The van der Waals surface area contributed by atoms with Crippen molar-refractivity contribution in [1.29, 1.82) is 0 Å². The first kappa shape index (κ1) is 19.4. The summed E-state index contributed by atoms with van der Waals surface area (Å²) in [5, 5.41) is 0. The Balaban J connectivity index is 1.65. The number of aryl methyl sites for hydroxylation is 1. The van der Waals surface area contributed by atoms with Gasteiger partial charge in [0.1, 0.15) is 5.75 Å². The number of carbonyl (C=O) groups excluding carboxylic acids is 1. The van der Waals surface area contributed by atoms with Crippen LogP contribution in [-0.4, -0.2) is 50.6 Å². The van der Waals surface area contributed by atoms with E-state index in [4.69, 9.17) is 10.5 Å². The first-order chi connectivity index (χ1) is 13.2. The van der Waals surface area contributed by atoms with Crippen LogP contribution in [0.5, 0.6) is 5.75 Å². The molecule has 0 aromatic heterocycles. The van der Waals surface area contributed by atoms with Crippen molar-refractivity contribution in [1.82, 2.24) is 4.90 Å². The van der Waals surface area contributed by atoms with Crippen molar-refractivity contribution in [2.45, 2.75) is 19.3 Å². The maximum atomic E-state index is 13.0. The lowest BCUT2D eigenvalue weighted by Gasteiger charge is -2.32. The number of nitrogens with two attached hydrogens (primary N) is 1. The minimum atomic E-state index is 0.141. The highest BCUT2D eigenvalue weighted by molar-refractivity contribution is 5.96. The smallest absolute Gasteiger partial charge is 0.241 e. The van der Waals surface area contributed by atoms with Crippen LogP contribution < -0.4 is 15.4 Å². The van der Waals surface area contributed by atoms with Gasteiger partial charge in [0, 0.05) is 31.9 Å². The fourth-order valence-corrected chi connectivity index (χ4v) is 3.62. The molecule has 1 amide bonds. The van der Waals surface area contributed by atoms with Crippen LogP contribution in [0.2, 0.25) is 0 Å². The summed E-state index contributed by atoms with van der Waals surface area (Å²) in [6.45, 7) is 3.27. The van der Waals surface area contributed by atoms with Crippen LogP contribution >= 0.6 is 0 Å². The largest absolute Gasteiger partial charge is 0.497 e. The molecule has 3 rings (SSSR count). The van der Waals surface area contributed by atoms with Crippen LogP contribution in [0.4, 0.5) is 5.69 Å². The Morgan fingerprint density at radius 1 is 1.19 bits per heavy atom. The van der Waals surface area contributed by atoms with E-state index in [1.54, 1.807) is 7.11 Å². The van der Waals surface area contributed by atoms with Gasteiger partial charge in [-0.25, -0.2) is 0 Å². The third-order valence-corrected chi connectivity index (χ3v) is 5.07. The molecular formula is C22H29N3O2. The molecule has 1 heterocycles. The maximum absolute atomic E-state index is 13.0. The molecule has 0 aliphatic carbocycles. The predicted octanol–water partition coefficient (Wildman–Crippen LogP) is 2.48. The number of methoxy groups -OCH3 is 1. The van der Waals surface area contributed by atoms with Crippen molar-refractivity contribution in [3.05, 3.63) is 59.7 Å². The van der Waals surface area contributed by atoms with E-state index < -0.39 is 0 Å². The molecule has 0 radical (unpaired) electrons. The Morgan fingerprint density at radius 3 is 2.74 bits per heavy atom. The van der Waals surface area contributed by atoms with Gasteiger partial charge in [0.25, 0.3) is 0 Å². The van der Waals surface area contributed by atoms with Crippen molar-refractivity contribution in [2.24, 2.45) is 5.73 Å². The van der Waals surface area contributed by atoms with Crippen LogP contribution in [-0.2, 0) is 17.6 Å². The molecule has 0 spiro atoms. The second kappa shape index (κ2) is 9.53. The number of nitrogens with zero attached hydrogens (tertiary/aromatic N) is 2. The van der Waals surface area contributed by atoms with Crippen molar-refractivity contribution in [2.75, 3.05) is 44.7 Å². The average molecular weight is 367 g/mol. The lowest BCUT2D eigenvalue weighted by atomic mass is 10.0. The van der Waals surface area contributed by atoms with Crippen molar-refractivity contribution in [3.8, 4) is 5.75 Å². The summed E-state index contributed by atoms with van der Waals surface area (Å²) >= 11 is 0. The van der Waals surface area contributed by atoms with Gasteiger partial charge in [0.05, 0.1) is 13.7 Å². The lowest BCUT2D eigenvalue weighted by molar-refractivity contribution is -0.119. The minimum absolute atomic E-state index is 0.141. The third-order valence-electron chi connectivity index (χ3n) is 5.07. The fraction of sp³-hybridized carbons (Fsp3) is 0.409. The van der Waals surface area contributed by atoms with E-state index >= 15 is 0 Å². The second-order valence-corrected chi connectivity index (χ2v) is 6.94. The zero-order valence-corrected chi connectivity index (χ0v) is 16.1. The topological polar surface area (TPSA) is 58.8 Å². The quantitative estimate of drug-likeness (QED) is 0.779. The first-order valence-corrected chi connectivity index (χ1v) is 9.65. The average Bonchev–Trinajstić information content (AvgIpc) is 2.72. The highest BCUT2D eigenvalue weighted by Gasteiger charge is 2.24. The molecule has 0 saturated carbocycles. The van der Waals surface area contributed by atoms with Crippen LogP contribution in [0, 0.1) is 0 Å². The summed E-state index contributed by atoms with van der Waals surface area (Å²) < 4.78 is 5.32. The number of hydrogen-bond acceptors (Lipinski definition) is 4. The van der Waals surface area contributed by atoms with Crippen LogP contribution in [0.25, 0.3) is 0 Å². The van der Waals surface area contributed by atoms with E-state index in [0.717, 1.165) is 50.3 Å². The van der Waals surface area contributed by atoms with Crippen molar-refractivity contribution >= 4 is 11.6 Å². The van der Waals surface area contributed by atoms with Gasteiger partial charge in [-0.05, 0) is 48.6 Å². The summed E-state index contributed by atoms with van der Waals surface area (Å²) in [5.41, 5.74) is 9.26. The second-order valence-electron chi connectivity index (χ2n) is 6.94. The minimum Gasteiger partial charge on any atom is -0.497 e. The van der Waals surface area contributed by atoms with E-state index in [2.05, 4.69) is 17.0 Å². The van der Waals surface area contributed by atoms with E-state index in [1.165, 1.54) is 11.1 Å². The number of ether oxygens (including phenoxy) is 1. The van der Waals surface area contributed by atoms with E-state index in [0.29, 0.717) is 13.1 Å². The molecule has 2 N–H and O–H groups in total. The Bertz CT molecular complexity index is 748. The first-order valence-electron chi connectivity index (χ1n) is 9.65. The van der Waals surface area contributed by atoms with Crippen molar-refractivity contribution < 1.29 is 9.53 Å². The molecule has 2 aromatic rings. The summed E-state index contributed by atoms with van der Waals surface area (Å²) in [4.78, 5) is 17.1. The lowest BCUT2D eigenvalue weighted by Crippen LogP contribution is -2.44. The number of carbonyl (C=O) groups is 1. The van der Waals surface area contributed by atoms with Gasteiger partial charge in [-0.1, -0.05) is 30.3 Å². The highest BCUT2D eigenvalue weighted by Crippen LogP contribution is 2.30. The van der Waals surface area contributed by atoms with E-state index in [9.17, 15) is 4.79 Å². The number of benzene rings is 2. The molecule has 1 aliphatic rings. The van der Waals surface area contributed by atoms with Gasteiger partial charge in [-0.2, -0.15) is 0 Å². The Kier molecular flexibility index (Phi) is 6.85. The van der Waals surface area contributed by atoms with Gasteiger partial charge in [-0.15, -0.1) is 0 Å². The van der Waals surface area contributed by atoms with Gasteiger partial charge in [-0.3, -0.25) is 9.69 Å². The van der Waals surface area contributed by atoms with Crippen LogP contribution in [0.1, 0.15) is 17.5 Å². The molecule has 5 heteroatoms. The predicted molar refractivity (Wildman–Crippen MR) is 109 cm³/mol. The van der Waals surface area contributed by atoms with E-state index in [1.807, 2.05) is 41.3 Å². The number of fused-ring (bicyclic) bond motifs is 1. The number of anilines is 1. The molecule has 144 valence electrons. The third kappa shape index (κ3) is 5.08. The molecule has 2 aromatic carbocycles. The normalized spacial score (nSPS) is 13.5. The molecule has 1 aliphatic heterocycles. The number of amides is 1. The Labute approximate surface area is 161 Å². The number of rotatable bonds is 8. The molecule has 0 unspecified atom stereocenters.